The van der Waals surface area contributed by atoms with Crippen LogP contribution in [0.15, 0.2) is 29.8 Å². The number of rotatable bonds is 3. The maximum atomic E-state index is 11.2. The molecule has 0 aliphatic carbocycles. The van der Waals surface area contributed by atoms with Crippen molar-refractivity contribution in [2.75, 3.05) is 23.6 Å². The van der Waals surface area contributed by atoms with E-state index in [1.807, 2.05) is 6.07 Å². The smallest absolute Gasteiger partial charge is 0.0744 e. The molecular formula is C15H22N3O2-. The quantitative estimate of drug-likeness (QED) is 0.656. The van der Waals surface area contributed by atoms with Crippen molar-refractivity contribution in [3.63, 3.8) is 0 Å². The molecule has 0 saturated heterocycles. The van der Waals surface area contributed by atoms with Crippen molar-refractivity contribution in [1.29, 1.82) is 0 Å². The third-order valence-corrected chi connectivity index (χ3v) is 3.64. The number of fused-ring (bicyclic) bond motifs is 1. The summed E-state index contributed by atoms with van der Waals surface area (Å²) in [5, 5.41) is 23.6. The van der Waals surface area contributed by atoms with Crippen molar-refractivity contribution >= 4 is 11.4 Å². The van der Waals surface area contributed by atoms with E-state index in [1.54, 1.807) is 12.1 Å². The highest BCUT2D eigenvalue weighted by molar-refractivity contribution is 5.73. The molecule has 2 N–H and O–H groups in total. The predicted molar refractivity (Wildman–Crippen MR) is 81.9 cm³/mol. The molecule has 1 atom stereocenters. The summed E-state index contributed by atoms with van der Waals surface area (Å²) >= 11 is 0. The van der Waals surface area contributed by atoms with Crippen molar-refractivity contribution in [2.24, 2.45) is 0 Å². The Kier molecular flexibility index (Phi) is 4.65. The van der Waals surface area contributed by atoms with Crippen LogP contribution in [0.1, 0.15) is 26.3 Å². The first-order valence-corrected chi connectivity index (χ1v) is 6.88. The number of anilines is 2. The van der Waals surface area contributed by atoms with Gasteiger partial charge in [-0.1, -0.05) is 23.8 Å². The van der Waals surface area contributed by atoms with E-state index in [1.165, 1.54) is 5.57 Å². The average Bonchev–Trinajstić information content (AvgIpc) is 2.55. The number of nitrogens with one attached hydrogen (secondary N) is 1. The first-order valence-electron chi connectivity index (χ1n) is 6.88. The number of allylic oxidation sites excluding steroid dienone is 1. The molecule has 0 aromatic heterocycles. The molecule has 1 aliphatic rings. The van der Waals surface area contributed by atoms with Crippen LogP contribution >= 0.6 is 0 Å². The fourth-order valence-electron chi connectivity index (χ4n) is 2.38. The third-order valence-electron chi connectivity index (χ3n) is 3.64. The molecule has 110 valence electrons. The maximum Gasteiger partial charge on any atom is 0.0744 e. The van der Waals surface area contributed by atoms with Crippen molar-refractivity contribution in [2.45, 2.75) is 33.4 Å². The number of benzene rings is 1. The van der Waals surface area contributed by atoms with Crippen molar-refractivity contribution in [3.05, 3.63) is 40.6 Å². The fraction of sp³-hybridized carbons (Fsp3) is 0.467. The second-order valence-corrected chi connectivity index (χ2v) is 5.53. The molecule has 0 fully saturated rings. The zero-order valence-corrected chi connectivity index (χ0v) is 12.3. The fourth-order valence-corrected chi connectivity index (χ4v) is 2.38. The predicted octanol–water partition coefficient (Wildman–Crippen LogP) is 2.96. The molecule has 1 aliphatic heterocycles. The van der Waals surface area contributed by atoms with Gasteiger partial charge in [0.1, 0.15) is 0 Å². The molecule has 2 rings (SSSR count). The Bertz CT molecular complexity index is 496. The van der Waals surface area contributed by atoms with Crippen molar-refractivity contribution < 1.29 is 5.21 Å². The van der Waals surface area contributed by atoms with Crippen LogP contribution in [0, 0.1) is 5.21 Å². The summed E-state index contributed by atoms with van der Waals surface area (Å²) in [5.41, 5.74) is 3.34. The minimum atomic E-state index is -0.0672. The molecule has 1 unspecified atom stereocenters. The van der Waals surface area contributed by atoms with E-state index >= 15 is 0 Å². The Morgan fingerprint density at radius 2 is 2.30 bits per heavy atom. The summed E-state index contributed by atoms with van der Waals surface area (Å²) in [5.74, 6) is 0. The number of hydrogen-bond acceptors (Lipinski definition) is 5. The molecule has 20 heavy (non-hydrogen) atoms. The van der Waals surface area contributed by atoms with Gasteiger partial charge in [-0.3, -0.25) is 10.1 Å². The number of nitrogens with zero attached hydrogens (tertiary/aromatic N) is 2. The van der Waals surface area contributed by atoms with E-state index in [-0.39, 0.29) is 10.9 Å². The highest BCUT2D eigenvalue weighted by atomic mass is 16.8. The van der Waals surface area contributed by atoms with Gasteiger partial charge in [0.15, 0.2) is 0 Å². The lowest BCUT2D eigenvalue weighted by Crippen LogP contribution is -2.35. The van der Waals surface area contributed by atoms with Gasteiger partial charge < -0.3 is 15.8 Å². The minimum absolute atomic E-state index is 0.0672. The van der Waals surface area contributed by atoms with Crippen LogP contribution in [0.25, 0.3) is 0 Å². The molecule has 1 aromatic rings. The molecular weight excluding hydrogens is 254 g/mol. The Morgan fingerprint density at radius 1 is 1.55 bits per heavy atom. The molecule has 5 nitrogen and oxygen atoms in total. The van der Waals surface area contributed by atoms with E-state index in [2.05, 4.69) is 37.1 Å². The maximum absolute atomic E-state index is 11.2. The van der Waals surface area contributed by atoms with E-state index in [0.717, 1.165) is 30.9 Å². The molecule has 0 radical (unpaired) electrons. The minimum Gasteiger partial charge on any atom is -0.733 e. The summed E-state index contributed by atoms with van der Waals surface area (Å²) in [6, 6.07) is 5.76. The Balaban J connectivity index is 2.28. The van der Waals surface area contributed by atoms with Gasteiger partial charge >= 0.3 is 0 Å². The zero-order valence-electron chi connectivity index (χ0n) is 12.3. The first kappa shape index (κ1) is 14.8. The monoisotopic (exact) mass is 276 g/mol. The van der Waals surface area contributed by atoms with Gasteiger partial charge in [0, 0.05) is 25.7 Å². The summed E-state index contributed by atoms with van der Waals surface area (Å²) < 4.78 is 0. The lowest BCUT2D eigenvalue weighted by atomic mass is 10.1. The van der Waals surface area contributed by atoms with Gasteiger partial charge in [0.05, 0.1) is 11.4 Å². The van der Waals surface area contributed by atoms with E-state index in [4.69, 9.17) is 0 Å². The summed E-state index contributed by atoms with van der Waals surface area (Å²) in [6.07, 6.45) is 2.21. The molecule has 0 bridgehead atoms. The normalized spacial score (nSPS) is 18.8. The third kappa shape index (κ3) is 3.30. The van der Waals surface area contributed by atoms with Crippen LogP contribution in [-0.2, 0) is 6.54 Å². The lowest BCUT2D eigenvalue weighted by molar-refractivity contribution is 0.236. The van der Waals surface area contributed by atoms with Crippen molar-refractivity contribution in [3.8, 4) is 0 Å². The zero-order chi connectivity index (χ0) is 14.7. The summed E-state index contributed by atoms with van der Waals surface area (Å²) in [4.78, 5) is 2.35. The van der Waals surface area contributed by atoms with Crippen LogP contribution in [0.2, 0.25) is 0 Å². The van der Waals surface area contributed by atoms with Crippen LogP contribution in [0.4, 0.5) is 11.4 Å². The molecule has 0 saturated carbocycles. The summed E-state index contributed by atoms with van der Waals surface area (Å²) in [6.45, 7) is 8.73. The van der Waals surface area contributed by atoms with Gasteiger partial charge in [0.25, 0.3) is 0 Å². The lowest BCUT2D eigenvalue weighted by Gasteiger charge is -2.26. The highest BCUT2D eigenvalue weighted by Crippen LogP contribution is 2.31. The summed E-state index contributed by atoms with van der Waals surface area (Å²) in [7, 11) is 0. The van der Waals surface area contributed by atoms with E-state index in [9.17, 15) is 10.4 Å². The molecule has 1 aromatic carbocycles. The van der Waals surface area contributed by atoms with Gasteiger partial charge in [-0.15, -0.1) is 0 Å². The molecule has 1 heterocycles. The van der Waals surface area contributed by atoms with Crippen LogP contribution in [0.3, 0.4) is 0 Å². The van der Waals surface area contributed by atoms with Gasteiger partial charge in [-0.05, 0) is 32.4 Å². The second kappa shape index (κ2) is 6.26. The van der Waals surface area contributed by atoms with Crippen LogP contribution < -0.4 is 10.5 Å². The van der Waals surface area contributed by atoms with Gasteiger partial charge in [-0.25, -0.2) is 0 Å². The second-order valence-electron chi connectivity index (χ2n) is 5.53. The SMILES string of the molecule is CC(C)=CCN1Cc2cccc(N([O-])O)c2NCC1C. The van der Waals surface area contributed by atoms with Crippen LogP contribution in [-0.4, -0.2) is 29.2 Å². The highest BCUT2D eigenvalue weighted by Gasteiger charge is 2.21. The molecule has 0 amide bonds. The average molecular weight is 276 g/mol. The van der Waals surface area contributed by atoms with Crippen molar-refractivity contribution in [1.82, 2.24) is 4.90 Å². The van der Waals surface area contributed by atoms with Crippen LogP contribution in [0.5, 0.6) is 0 Å². The Hall–Kier alpha value is -1.56. The topological polar surface area (TPSA) is 61.8 Å². The first-order chi connectivity index (χ1) is 9.49. The Morgan fingerprint density at radius 3 is 2.95 bits per heavy atom. The Labute approximate surface area is 120 Å². The van der Waals surface area contributed by atoms with Gasteiger partial charge in [-0.2, -0.15) is 0 Å². The largest absolute Gasteiger partial charge is 0.733 e. The molecule has 0 spiro atoms. The number of hydrogen-bond donors (Lipinski definition) is 2. The van der Waals surface area contributed by atoms with E-state index < -0.39 is 0 Å². The van der Waals surface area contributed by atoms with E-state index in [0.29, 0.717) is 6.04 Å². The number of para-hydroxylation sites is 1. The standard InChI is InChI=1S/C15H22N3O2/c1-11(2)7-8-17-10-13-5-4-6-14(18(19)20)15(13)16-9-12(17)3/h4-7,12,16,19H,8-10H2,1-3H3/q-1. The van der Waals surface area contributed by atoms with Gasteiger partial charge in [0.2, 0.25) is 0 Å². The molecule has 5 heteroatoms.